The lowest BCUT2D eigenvalue weighted by molar-refractivity contribution is -0.135. The van der Waals surface area contributed by atoms with Crippen molar-refractivity contribution in [3.8, 4) is 0 Å². The second-order valence-corrected chi connectivity index (χ2v) is 3.81. The fourth-order valence-electron chi connectivity index (χ4n) is 1.47. The minimum atomic E-state index is -4.04. The van der Waals surface area contributed by atoms with Crippen LogP contribution in [0, 0.1) is 0 Å². The summed E-state index contributed by atoms with van der Waals surface area (Å²) in [6.45, 7) is 2.33. The van der Waals surface area contributed by atoms with Crippen LogP contribution in [0.25, 0.3) is 0 Å². The summed E-state index contributed by atoms with van der Waals surface area (Å²) in [5, 5.41) is 3.07. The lowest BCUT2D eigenvalue weighted by Gasteiger charge is -2.14. The van der Waals surface area contributed by atoms with Crippen LogP contribution in [0.15, 0.2) is 30.3 Å². The highest BCUT2D eigenvalue weighted by Gasteiger charge is 2.25. The smallest absolute Gasteiger partial charge is 0.310 e. The molecule has 0 heterocycles. The summed E-state index contributed by atoms with van der Waals surface area (Å²) in [5.41, 5.74) is 1.09. The molecule has 0 saturated heterocycles. The van der Waals surface area contributed by atoms with Crippen molar-refractivity contribution >= 4 is 0 Å². The molecule has 0 bridgehead atoms. The average molecular weight is 231 g/mol. The lowest BCUT2D eigenvalue weighted by atomic mass is 10.1. The standard InChI is InChI=1S/C12H16F3N/c1-10(11-6-3-2-4-7-11)16-9-5-8-12(13,14)15/h2-4,6-7,10,16H,5,8-9H2,1H3. The first-order chi connectivity index (χ1) is 7.49. The van der Waals surface area contributed by atoms with Crippen LogP contribution in [0.3, 0.4) is 0 Å². The van der Waals surface area contributed by atoms with Gasteiger partial charge in [-0.2, -0.15) is 13.2 Å². The molecular formula is C12H16F3N. The quantitative estimate of drug-likeness (QED) is 0.762. The van der Waals surface area contributed by atoms with Crippen molar-refractivity contribution in [3.63, 3.8) is 0 Å². The molecular weight excluding hydrogens is 215 g/mol. The van der Waals surface area contributed by atoms with Gasteiger partial charge < -0.3 is 5.32 Å². The second kappa shape index (κ2) is 5.89. The van der Waals surface area contributed by atoms with Gasteiger partial charge in [-0.1, -0.05) is 30.3 Å². The Morgan fingerprint density at radius 1 is 1.19 bits per heavy atom. The first-order valence-electron chi connectivity index (χ1n) is 5.34. The third-order valence-electron chi connectivity index (χ3n) is 2.39. The van der Waals surface area contributed by atoms with Crippen LogP contribution < -0.4 is 5.32 Å². The molecule has 1 rings (SSSR count). The van der Waals surface area contributed by atoms with Gasteiger partial charge in [-0.3, -0.25) is 0 Å². The molecule has 1 atom stereocenters. The Morgan fingerprint density at radius 2 is 1.81 bits per heavy atom. The fraction of sp³-hybridized carbons (Fsp3) is 0.500. The Kier molecular flexibility index (Phi) is 4.80. The van der Waals surface area contributed by atoms with E-state index in [-0.39, 0.29) is 12.5 Å². The SMILES string of the molecule is CC(NCCCC(F)(F)F)c1ccccc1. The highest BCUT2D eigenvalue weighted by molar-refractivity contribution is 5.17. The average Bonchev–Trinajstić information content (AvgIpc) is 2.24. The number of alkyl halides is 3. The molecule has 0 aliphatic rings. The Balaban J connectivity index is 2.24. The van der Waals surface area contributed by atoms with E-state index in [2.05, 4.69) is 5.32 Å². The summed E-state index contributed by atoms with van der Waals surface area (Å²) in [6, 6.07) is 9.77. The monoisotopic (exact) mass is 231 g/mol. The Bertz CT molecular complexity index is 295. The largest absolute Gasteiger partial charge is 0.389 e. The zero-order valence-corrected chi connectivity index (χ0v) is 9.22. The number of rotatable bonds is 5. The van der Waals surface area contributed by atoms with Crippen molar-refractivity contribution in [3.05, 3.63) is 35.9 Å². The molecule has 1 aromatic rings. The van der Waals surface area contributed by atoms with Gasteiger partial charge in [0.15, 0.2) is 0 Å². The maximum atomic E-state index is 11.9. The lowest BCUT2D eigenvalue weighted by Crippen LogP contribution is -2.21. The van der Waals surface area contributed by atoms with Crippen LogP contribution in [0.1, 0.15) is 31.4 Å². The molecule has 1 unspecified atom stereocenters. The van der Waals surface area contributed by atoms with Gasteiger partial charge in [0.25, 0.3) is 0 Å². The summed E-state index contributed by atoms with van der Waals surface area (Å²) < 4.78 is 35.6. The van der Waals surface area contributed by atoms with E-state index < -0.39 is 12.6 Å². The van der Waals surface area contributed by atoms with Crippen LogP contribution in [0.4, 0.5) is 13.2 Å². The predicted octanol–water partition coefficient (Wildman–Crippen LogP) is 3.68. The van der Waals surface area contributed by atoms with Crippen LogP contribution >= 0.6 is 0 Å². The molecule has 0 amide bonds. The van der Waals surface area contributed by atoms with Crippen molar-refractivity contribution in [1.82, 2.24) is 5.32 Å². The molecule has 1 aromatic carbocycles. The van der Waals surface area contributed by atoms with E-state index in [9.17, 15) is 13.2 Å². The highest BCUT2D eigenvalue weighted by Crippen LogP contribution is 2.21. The van der Waals surface area contributed by atoms with Crippen LogP contribution in [0.2, 0.25) is 0 Å². The van der Waals surface area contributed by atoms with Gasteiger partial charge >= 0.3 is 6.18 Å². The third-order valence-corrected chi connectivity index (χ3v) is 2.39. The Hall–Kier alpha value is -1.03. The Labute approximate surface area is 93.7 Å². The summed E-state index contributed by atoms with van der Waals surface area (Å²) in [6.07, 6.45) is -4.64. The fourth-order valence-corrected chi connectivity index (χ4v) is 1.47. The van der Waals surface area contributed by atoms with Crippen molar-refractivity contribution in [2.24, 2.45) is 0 Å². The van der Waals surface area contributed by atoms with Crippen molar-refractivity contribution in [2.45, 2.75) is 32.0 Å². The molecule has 0 spiro atoms. The van der Waals surface area contributed by atoms with Crippen LogP contribution in [-0.2, 0) is 0 Å². The molecule has 1 N–H and O–H groups in total. The van der Waals surface area contributed by atoms with E-state index in [4.69, 9.17) is 0 Å². The van der Waals surface area contributed by atoms with Gasteiger partial charge in [-0.15, -0.1) is 0 Å². The molecule has 4 heteroatoms. The number of hydrogen-bond acceptors (Lipinski definition) is 1. The second-order valence-electron chi connectivity index (χ2n) is 3.81. The normalized spacial score (nSPS) is 13.8. The summed E-state index contributed by atoms with van der Waals surface area (Å²) in [7, 11) is 0. The Morgan fingerprint density at radius 3 is 2.38 bits per heavy atom. The van der Waals surface area contributed by atoms with E-state index in [1.807, 2.05) is 37.3 Å². The number of nitrogens with one attached hydrogen (secondary N) is 1. The van der Waals surface area contributed by atoms with Crippen LogP contribution in [-0.4, -0.2) is 12.7 Å². The van der Waals surface area contributed by atoms with Crippen molar-refractivity contribution in [2.75, 3.05) is 6.54 Å². The van der Waals surface area contributed by atoms with Crippen molar-refractivity contribution in [1.29, 1.82) is 0 Å². The highest BCUT2D eigenvalue weighted by atomic mass is 19.4. The topological polar surface area (TPSA) is 12.0 Å². The predicted molar refractivity (Wildman–Crippen MR) is 58.1 cm³/mol. The molecule has 0 radical (unpaired) electrons. The summed E-state index contributed by atoms with van der Waals surface area (Å²) in [5.74, 6) is 0. The number of hydrogen-bond donors (Lipinski definition) is 1. The third kappa shape index (κ3) is 5.16. The van der Waals surface area contributed by atoms with E-state index in [0.717, 1.165) is 5.56 Å². The molecule has 1 nitrogen and oxygen atoms in total. The molecule has 0 saturated carbocycles. The van der Waals surface area contributed by atoms with Gasteiger partial charge in [0.2, 0.25) is 0 Å². The molecule has 0 aliphatic carbocycles. The first kappa shape index (κ1) is 13.0. The van der Waals surface area contributed by atoms with E-state index in [0.29, 0.717) is 6.54 Å². The minimum Gasteiger partial charge on any atom is -0.310 e. The molecule has 16 heavy (non-hydrogen) atoms. The van der Waals surface area contributed by atoms with Crippen molar-refractivity contribution < 1.29 is 13.2 Å². The zero-order valence-electron chi connectivity index (χ0n) is 9.22. The van der Waals surface area contributed by atoms with Crippen LogP contribution in [0.5, 0.6) is 0 Å². The summed E-state index contributed by atoms with van der Waals surface area (Å²) in [4.78, 5) is 0. The molecule has 90 valence electrons. The van der Waals surface area contributed by atoms with E-state index in [1.165, 1.54) is 0 Å². The van der Waals surface area contributed by atoms with Gasteiger partial charge in [-0.05, 0) is 25.5 Å². The number of halogens is 3. The molecule has 0 aliphatic heterocycles. The van der Waals surface area contributed by atoms with Gasteiger partial charge in [0, 0.05) is 12.5 Å². The molecule has 0 fully saturated rings. The van der Waals surface area contributed by atoms with Gasteiger partial charge in [0.1, 0.15) is 0 Å². The maximum Gasteiger partial charge on any atom is 0.389 e. The minimum absolute atomic E-state index is 0.0921. The molecule has 0 aromatic heterocycles. The van der Waals surface area contributed by atoms with Gasteiger partial charge in [0.05, 0.1) is 0 Å². The van der Waals surface area contributed by atoms with E-state index >= 15 is 0 Å². The van der Waals surface area contributed by atoms with Gasteiger partial charge in [-0.25, -0.2) is 0 Å². The zero-order chi connectivity index (χ0) is 12.0. The number of benzene rings is 1. The first-order valence-corrected chi connectivity index (χ1v) is 5.34. The van der Waals surface area contributed by atoms with E-state index in [1.54, 1.807) is 0 Å². The maximum absolute atomic E-state index is 11.9. The summed E-state index contributed by atoms with van der Waals surface area (Å²) >= 11 is 0.